The minimum Gasteiger partial charge on any atom is -0.392 e. The predicted molar refractivity (Wildman–Crippen MR) is 82.7 cm³/mol. The molecule has 0 spiro atoms. The number of hydrogen-bond acceptors (Lipinski definition) is 2. The van der Waals surface area contributed by atoms with Crippen LogP contribution >= 0.6 is 0 Å². The van der Waals surface area contributed by atoms with Crippen molar-refractivity contribution in [2.75, 3.05) is 0 Å². The maximum absolute atomic E-state index is 12.4. The lowest BCUT2D eigenvalue weighted by Crippen LogP contribution is -2.54. The van der Waals surface area contributed by atoms with Crippen LogP contribution in [0.25, 0.3) is 0 Å². The van der Waals surface area contributed by atoms with Gasteiger partial charge in [0.15, 0.2) is 0 Å². The van der Waals surface area contributed by atoms with Crippen molar-refractivity contribution < 1.29 is 9.90 Å². The minimum atomic E-state index is -0.362. The molecule has 0 aliphatic heterocycles. The molecule has 2 heteroatoms. The van der Waals surface area contributed by atoms with E-state index in [-0.39, 0.29) is 17.4 Å². The fourth-order valence-electron chi connectivity index (χ4n) is 7.13. The van der Waals surface area contributed by atoms with Crippen LogP contribution in [0.3, 0.4) is 0 Å². The number of hydrogen-bond donors (Lipinski definition) is 1. The second-order valence-electron chi connectivity index (χ2n) is 8.97. The third kappa shape index (κ3) is 1.77. The van der Waals surface area contributed by atoms with Crippen LogP contribution < -0.4 is 0 Å². The minimum absolute atomic E-state index is 0.210. The third-order valence-corrected chi connectivity index (χ3v) is 8.28. The van der Waals surface area contributed by atoms with Crippen molar-refractivity contribution in [1.82, 2.24) is 0 Å². The van der Waals surface area contributed by atoms with Crippen LogP contribution in [0.15, 0.2) is 0 Å². The number of ketones is 1. The van der Waals surface area contributed by atoms with Gasteiger partial charge in [-0.15, -0.1) is 0 Å². The monoisotopic (exact) mass is 290 g/mol. The molecule has 0 aromatic heterocycles. The highest BCUT2D eigenvalue weighted by Crippen LogP contribution is 2.65. The summed E-state index contributed by atoms with van der Waals surface area (Å²) in [5.41, 5.74) is 0.284. The fourth-order valence-corrected chi connectivity index (χ4v) is 7.13. The fraction of sp³-hybridized carbons (Fsp3) is 0.947. The Balaban J connectivity index is 1.69. The Kier molecular flexibility index (Phi) is 3.10. The number of aliphatic hydroxyl groups is 1. The molecule has 118 valence electrons. The summed E-state index contributed by atoms with van der Waals surface area (Å²) in [6, 6.07) is 0. The summed E-state index contributed by atoms with van der Waals surface area (Å²) < 4.78 is 0. The van der Waals surface area contributed by atoms with E-state index in [1.54, 1.807) is 0 Å². The van der Waals surface area contributed by atoms with Crippen LogP contribution in [0, 0.1) is 34.5 Å². The van der Waals surface area contributed by atoms with Crippen molar-refractivity contribution >= 4 is 5.78 Å². The molecule has 0 heterocycles. The molecule has 4 aliphatic carbocycles. The number of aliphatic hydroxyl groups excluding tert-OH is 1. The zero-order valence-corrected chi connectivity index (χ0v) is 13.6. The summed E-state index contributed by atoms with van der Waals surface area (Å²) in [5.74, 6) is 2.86. The number of Topliss-reactive ketones (excluding diaryl/α,β-unsaturated/α-hetero) is 1. The van der Waals surface area contributed by atoms with Gasteiger partial charge in [0, 0.05) is 17.8 Å². The average Bonchev–Trinajstić information content (AvgIpc) is 2.68. The molecular weight excluding hydrogens is 260 g/mol. The van der Waals surface area contributed by atoms with Gasteiger partial charge in [-0.05, 0) is 61.7 Å². The number of fused-ring (bicyclic) bond motifs is 5. The van der Waals surface area contributed by atoms with Gasteiger partial charge in [-0.2, -0.15) is 0 Å². The third-order valence-electron chi connectivity index (χ3n) is 8.28. The van der Waals surface area contributed by atoms with Crippen molar-refractivity contribution in [2.45, 2.75) is 77.7 Å². The second kappa shape index (κ2) is 4.57. The van der Waals surface area contributed by atoms with E-state index in [1.165, 1.54) is 44.9 Å². The van der Waals surface area contributed by atoms with Gasteiger partial charge in [-0.25, -0.2) is 0 Å². The van der Waals surface area contributed by atoms with Gasteiger partial charge >= 0.3 is 0 Å². The predicted octanol–water partition coefficient (Wildman–Crippen LogP) is 3.96. The largest absolute Gasteiger partial charge is 0.392 e. The SMILES string of the molecule is CC12CCC3C(CC[C@H]4CCCCC34C)C1C(O)CC2=O. The number of carbonyl (C=O) groups is 1. The van der Waals surface area contributed by atoms with Gasteiger partial charge in [0.2, 0.25) is 0 Å². The highest BCUT2D eigenvalue weighted by atomic mass is 16.3. The zero-order valence-electron chi connectivity index (χ0n) is 13.6. The molecule has 4 rings (SSSR count). The van der Waals surface area contributed by atoms with E-state index in [0.717, 1.165) is 18.3 Å². The molecule has 0 aromatic carbocycles. The van der Waals surface area contributed by atoms with E-state index < -0.39 is 0 Å². The first-order valence-electron chi connectivity index (χ1n) is 9.18. The van der Waals surface area contributed by atoms with E-state index >= 15 is 0 Å². The maximum Gasteiger partial charge on any atom is 0.141 e. The van der Waals surface area contributed by atoms with Crippen molar-refractivity contribution in [3.05, 3.63) is 0 Å². The Morgan fingerprint density at radius 2 is 1.86 bits per heavy atom. The van der Waals surface area contributed by atoms with Crippen LogP contribution in [0.4, 0.5) is 0 Å². The number of carbonyl (C=O) groups excluding carboxylic acids is 1. The van der Waals surface area contributed by atoms with Gasteiger partial charge in [-0.3, -0.25) is 4.79 Å². The molecule has 4 saturated carbocycles. The van der Waals surface area contributed by atoms with Gasteiger partial charge in [0.25, 0.3) is 0 Å². The van der Waals surface area contributed by atoms with Crippen molar-refractivity contribution in [3.63, 3.8) is 0 Å². The van der Waals surface area contributed by atoms with Crippen LogP contribution in [-0.2, 0) is 4.79 Å². The average molecular weight is 290 g/mol. The number of rotatable bonds is 0. The molecular formula is C19H30O2. The molecule has 0 amide bonds. The first kappa shape index (κ1) is 14.2. The molecule has 21 heavy (non-hydrogen) atoms. The van der Waals surface area contributed by atoms with Gasteiger partial charge in [0.05, 0.1) is 6.10 Å². The Bertz CT molecular complexity index is 458. The summed E-state index contributed by atoms with van der Waals surface area (Å²) in [7, 11) is 0. The molecule has 0 radical (unpaired) electrons. The normalized spacial score (nSPS) is 56.5. The summed E-state index contributed by atoms with van der Waals surface area (Å²) >= 11 is 0. The molecule has 7 atom stereocenters. The Hall–Kier alpha value is -0.370. The highest BCUT2D eigenvalue weighted by Gasteiger charge is 2.62. The quantitative estimate of drug-likeness (QED) is 0.733. The Labute approximate surface area is 128 Å². The lowest BCUT2D eigenvalue weighted by molar-refractivity contribution is -0.143. The summed E-state index contributed by atoms with van der Waals surface area (Å²) in [6.07, 6.45) is 10.5. The molecule has 0 saturated heterocycles. The van der Waals surface area contributed by atoms with Crippen molar-refractivity contribution in [3.8, 4) is 0 Å². The van der Waals surface area contributed by atoms with Crippen molar-refractivity contribution in [2.24, 2.45) is 34.5 Å². The molecule has 4 aliphatic rings. The van der Waals surface area contributed by atoms with Gasteiger partial charge < -0.3 is 5.11 Å². The summed E-state index contributed by atoms with van der Waals surface area (Å²) in [6.45, 7) is 4.70. The Morgan fingerprint density at radius 1 is 1.05 bits per heavy atom. The summed E-state index contributed by atoms with van der Waals surface area (Å²) in [5, 5.41) is 10.6. The smallest absolute Gasteiger partial charge is 0.141 e. The molecule has 2 nitrogen and oxygen atoms in total. The van der Waals surface area contributed by atoms with Crippen molar-refractivity contribution in [1.29, 1.82) is 0 Å². The molecule has 6 unspecified atom stereocenters. The molecule has 0 aromatic rings. The van der Waals surface area contributed by atoms with E-state index in [0.29, 0.717) is 23.5 Å². The molecule has 1 N–H and O–H groups in total. The van der Waals surface area contributed by atoms with Gasteiger partial charge in [-0.1, -0.05) is 26.7 Å². The second-order valence-corrected chi connectivity index (χ2v) is 8.97. The highest BCUT2D eigenvalue weighted by molar-refractivity contribution is 5.88. The van der Waals surface area contributed by atoms with Crippen LogP contribution in [0.2, 0.25) is 0 Å². The van der Waals surface area contributed by atoms with Crippen LogP contribution in [-0.4, -0.2) is 17.0 Å². The van der Waals surface area contributed by atoms with Gasteiger partial charge in [0.1, 0.15) is 5.78 Å². The zero-order chi connectivity index (χ0) is 14.8. The van der Waals surface area contributed by atoms with E-state index in [9.17, 15) is 9.90 Å². The summed E-state index contributed by atoms with van der Waals surface area (Å²) in [4.78, 5) is 12.4. The van der Waals surface area contributed by atoms with E-state index in [1.807, 2.05) is 0 Å². The molecule has 4 fully saturated rings. The topological polar surface area (TPSA) is 37.3 Å². The lowest BCUT2D eigenvalue weighted by Gasteiger charge is -2.59. The van der Waals surface area contributed by atoms with Crippen LogP contribution in [0.1, 0.15) is 71.6 Å². The first-order valence-corrected chi connectivity index (χ1v) is 9.18. The first-order chi connectivity index (χ1) is 9.97. The van der Waals surface area contributed by atoms with E-state index in [4.69, 9.17) is 0 Å². The van der Waals surface area contributed by atoms with E-state index in [2.05, 4.69) is 13.8 Å². The van der Waals surface area contributed by atoms with Crippen LogP contribution in [0.5, 0.6) is 0 Å². The Morgan fingerprint density at radius 3 is 2.67 bits per heavy atom. The maximum atomic E-state index is 12.4. The molecule has 0 bridgehead atoms. The standard InChI is InChI=1S/C19H30O2/c1-18-9-4-3-5-12(18)6-7-13-14(18)8-10-19(2)16(21)11-15(20)17(13)19/h12-15,17,20H,3-11H2,1-2H3/t12-,13?,14?,15?,17?,18?,19?/m1/s1. The lowest BCUT2D eigenvalue weighted by atomic mass is 9.45.